The summed E-state index contributed by atoms with van der Waals surface area (Å²) in [7, 11) is 3.16. The molecule has 42 heavy (non-hydrogen) atoms. The van der Waals surface area contributed by atoms with Crippen LogP contribution < -0.4 is 15.0 Å². The number of halogens is 1. The zero-order valence-corrected chi connectivity index (χ0v) is 25.2. The van der Waals surface area contributed by atoms with Gasteiger partial charge in [-0.15, -0.1) is 0 Å². The standard InChI is InChI=1S/C30H38FN7O4/c1-8-38(29(40)42-30(3,4)5)19-11-13-36(14-12-19)23-10-9-20(25-21(23)16-35(6)34-25)28(39)33-22-17-37-15-18(2)32-27(37)24(31)26(22)41-7/h9-10,15-17,19H,8,11-14H2,1-7H3,(H,33,39). The van der Waals surface area contributed by atoms with Gasteiger partial charge in [0.25, 0.3) is 5.91 Å². The van der Waals surface area contributed by atoms with Gasteiger partial charge in [-0.25, -0.2) is 9.78 Å². The van der Waals surface area contributed by atoms with Gasteiger partial charge in [0.1, 0.15) is 16.8 Å². The number of hydrogen-bond donors (Lipinski definition) is 1. The van der Waals surface area contributed by atoms with Crippen LogP contribution >= 0.6 is 0 Å². The highest BCUT2D eigenvalue weighted by molar-refractivity contribution is 6.14. The van der Waals surface area contributed by atoms with E-state index in [0.29, 0.717) is 23.3 Å². The Kier molecular flexibility index (Phi) is 7.74. The Morgan fingerprint density at radius 2 is 1.88 bits per heavy atom. The molecule has 1 fully saturated rings. The van der Waals surface area contributed by atoms with Gasteiger partial charge in [0.05, 0.1) is 18.4 Å². The highest BCUT2D eigenvalue weighted by Crippen LogP contribution is 2.34. The number of aromatic nitrogens is 4. The first-order valence-electron chi connectivity index (χ1n) is 14.1. The number of carbonyl (C=O) groups excluding carboxylic acids is 2. The van der Waals surface area contributed by atoms with Gasteiger partial charge in [0, 0.05) is 62.4 Å². The topological polar surface area (TPSA) is 106 Å². The second kappa shape index (κ2) is 11.1. The predicted octanol–water partition coefficient (Wildman–Crippen LogP) is 5.16. The zero-order chi connectivity index (χ0) is 30.3. The van der Waals surface area contributed by atoms with Crippen molar-refractivity contribution in [3.8, 4) is 5.75 Å². The van der Waals surface area contributed by atoms with E-state index in [4.69, 9.17) is 9.47 Å². The number of pyridine rings is 1. The van der Waals surface area contributed by atoms with Gasteiger partial charge in [-0.2, -0.15) is 9.49 Å². The van der Waals surface area contributed by atoms with E-state index in [1.54, 1.807) is 30.1 Å². The number of imidazole rings is 1. The number of aryl methyl sites for hydroxylation is 2. The lowest BCUT2D eigenvalue weighted by Crippen LogP contribution is -2.48. The Bertz CT molecular complexity index is 1650. The highest BCUT2D eigenvalue weighted by atomic mass is 19.1. The predicted molar refractivity (Wildman–Crippen MR) is 159 cm³/mol. The molecule has 3 aromatic heterocycles. The number of ether oxygens (including phenoxy) is 2. The molecule has 0 unspecified atom stereocenters. The fourth-order valence-corrected chi connectivity index (χ4v) is 5.61. The van der Waals surface area contributed by atoms with Crippen LogP contribution in [0, 0.1) is 12.7 Å². The highest BCUT2D eigenvalue weighted by Gasteiger charge is 2.31. The van der Waals surface area contributed by atoms with Crippen LogP contribution in [0.5, 0.6) is 5.75 Å². The van der Waals surface area contributed by atoms with Crippen LogP contribution in [0.3, 0.4) is 0 Å². The van der Waals surface area contributed by atoms with Crippen molar-refractivity contribution in [2.75, 3.05) is 37.0 Å². The fourth-order valence-electron chi connectivity index (χ4n) is 5.61. The number of benzene rings is 1. The third kappa shape index (κ3) is 5.57. The van der Waals surface area contributed by atoms with Gasteiger partial charge in [0.2, 0.25) is 5.82 Å². The Morgan fingerprint density at radius 1 is 1.17 bits per heavy atom. The van der Waals surface area contributed by atoms with E-state index in [-0.39, 0.29) is 29.2 Å². The Balaban J connectivity index is 1.38. The number of piperidine rings is 1. The summed E-state index contributed by atoms with van der Waals surface area (Å²) in [6.45, 7) is 11.4. The van der Waals surface area contributed by atoms with Crippen molar-refractivity contribution in [1.82, 2.24) is 24.1 Å². The molecule has 11 nitrogen and oxygen atoms in total. The van der Waals surface area contributed by atoms with E-state index in [2.05, 4.69) is 20.3 Å². The molecule has 224 valence electrons. The Hall–Kier alpha value is -4.35. The minimum Gasteiger partial charge on any atom is -0.491 e. The lowest BCUT2D eigenvalue weighted by molar-refractivity contribution is 0.0149. The number of hydrogen-bond acceptors (Lipinski definition) is 7. The van der Waals surface area contributed by atoms with Crippen molar-refractivity contribution in [1.29, 1.82) is 0 Å². The van der Waals surface area contributed by atoms with Gasteiger partial charge in [0.15, 0.2) is 11.4 Å². The minimum absolute atomic E-state index is 0.0857. The van der Waals surface area contributed by atoms with Crippen LogP contribution in [0.4, 0.5) is 20.6 Å². The average Bonchev–Trinajstić information content (AvgIpc) is 3.49. The van der Waals surface area contributed by atoms with Crippen LogP contribution in [0.15, 0.2) is 30.7 Å². The number of rotatable bonds is 6. The van der Waals surface area contributed by atoms with E-state index in [9.17, 15) is 9.59 Å². The molecule has 0 aliphatic carbocycles. The quantitative estimate of drug-likeness (QED) is 0.337. The van der Waals surface area contributed by atoms with E-state index in [1.165, 1.54) is 11.5 Å². The molecular weight excluding hydrogens is 541 g/mol. The van der Waals surface area contributed by atoms with Crippen molar-refractivity contribution in [2.24, 2.45) is 7.05 Å². The van der Waals surface area contributed by atoms with Crippen molar-refractivity contribution in [2.45, 2.75) is 59.1 Å². The monoisotopic (exact) mass is 579 g/mol. The maximum Gasteiger partial charge on any atom is 0.410 e. The molecule has 4 aromatic rings. The van der Waals surface area contributed by atoms with Crippen molar-refractivity contribution >= 4 is 39.9 Å². The SMILES string of the molecule is CCN(C(=O)OC(C)(C)C)C1CCN(c2ccc(C(=O)Nc3cn4cc(C)nc4c(F)c3OC)c3nn(C)cc23)CC1. The second-order valence-electron chi connectivity index (χ2n) is 11.6. The summed E-state index contributed by atoms with van der Waals surface area (Å²) in [6, 6.07) is 3.75. The molecule has 1 aromatic carbocycles. The smallest absolute Gasteiger partial charge is 0.410 e. The summed E-state index contributed by atoms with van der Waals surface area (Å²) in [5, 5.41) is 8.24. The summed E-state index contributed by atoms with van der Waals surface area (Å²) >= 11 is 0. The number of fused-ring (bicyclic) bond motifs is 2. The third-order valence-corrected chi connectivity index (χ3v) is 7.44. The number of nitrogens with zero attached hydrogens (tertiary/aromatic N) is 6. The van der Waals surface area contributed by atoms with Crippen molar-refractivity contribution < 1.29 is 23.5 Å². The van der Waals surface area contributed by atoms with E-state index in [1.807, 2.05) is 51.9 Å². The molecule has 2 amide bonds. The van der Waals surface area contributed by atoms with Gasteiger partial charge in [-0.1, -0.05) is 0 Å². The molecule has 0 atom stereocenters. The molecule has 1 N–H and O–H groups in total. The number of nitrogens with one attached hydrogen (secondary N) is 1. The molecule has 0 radical (unpaired) electrons. The molecule has 0 spiro atoms. The lowest BCUT2D eigenvalue weighted by atomic mass is 10.0. The van der Waals surface area contributed by atoms with E-state index >= 15 is 4.39 Å². The first-order valence-corrected chi connectivity index (χ1v) is 14.1. The Labute approximate surface area is 244 Å². The maximum atomic E-state index is 15.1. The molecule has 4 heterocycles. The largest absolute Gasteiger partial charge is 0.491 e. The molecule has 1 aliphatic heterocycles. The van der Waals surface area contributed by atoms with Crippen molar-refractivity contribution in [3.05, 3.63) is 47.8 Å². The van der Waals surface area contributed by atoms with E-state index < -0.39 is 17.3 Å². The number of amides is 2. The minimum atomic E-state index is -0.654. The second-order valence-corrected chi connectivity index (χ2v) is 11.6. The summed E-state index contributed by atoms with van der Waals surface area (Å²) < 4.78 is 29.2. The number of anilines is 2. The molecule has 1 aliphatic rings. The Morgan fingerprint density at radius 3 is 2.52 bits per heavy atom. The molecule has 12 heteroatoms. The normalized spacial score (nSPS) is 14.4. The first kappa shape index (κ1) is 29.2. The van der Waals surface area contributed by atoms with E-state index in [0.717, 1.165) is 37.0 Å². The van der Waals surface area contributed by atoms with Gasteiger partial charge in [-0.3, -0.25) is 9.48 Å². The summed E-state index contributed by atoms with van der Waals surface area (Å²) in [5.74, 6) is -1.18. The summed E-state index contributed by atoms with van der Waals surface area (Å²) in [6.07, 6.45) is 6.45. The fraction of sp³-hybridized carbons (Fsp3) is 0.467. The van der Waals surface area contributed by atoms with Crippen LogP contribution in [-0.2, 0) is 11.8 Å². The molecule has 0 saturated carbocycles. The van der Waals surface area contributed by atoms with Crippen LogP contribution in [0.25, 0.3) is 16.6 Å². The molecular formula is C30H38FN7O4. The van der Waals surface area contributed by atoms with Crippen LogP contribution in [0.2, 0.25) is 0 Å². The first-order chi connectivity index (χ1) is 19.9. The van der Waals surface area contributed by atoms with Crippen molar-refractivity contribution in [3.63, 3.8) is 0 Å². The van der Waals surface area contributed by atoms with Crippen LogP contribution in [0.1, 0.15) is 56.6 Å². The van der Waals surface area contributed by atoms with Gasteiger partial charge >= 0.3 is 6.09 Å². The maximum absolute atomic E-state index is 15.1. The number of carbonyl (C=O) groups is 2. The summed E-state index contributed by atoms with van der Waals surface area (Å²) in [4.78, 5) is 34.6. The number of methoxy groups -OCH3 is 1. The lowest BCUT2D eigenvalue weighted by Gasteiger charge is -2.39. The molecule has 1 saturated heterocycles. The molecule has 0 bridgehead atoms. The third-order valence-electron chi connectivity index (χ3n) is 7.44. The average molecular weight is 580 g/mol. The van der Waals surface area contributed by atoms with Crippen LogP contribution in [-0.4, -0.2) is 74.5 Å². The van der Waals surface area contributed by atoms with Gasteiger partial charge < -0.3 is 29.0 Å². The molecule has 5 rings (SSSR count). The zero-order valence-electron chi connectivity index (χ0n) is 25.2. The summed E-state index contributed by atoms with van der Waals surface area (Å²) in [5.41, 5.74) is 2.26. The van der Waals surface area contributed by atoms with Gasteiger partial charge in [-0.05, 0) is 59.6 Å².